The number of nitrogens with zero attached hydrogens (tertiary/aromatic N) is 3. The number of ether oxygens (including phenoxy) is 1. The Balaban J connectivity index is 1.47. The van der Waals surface area contributed by atoms with Crippen molar-refractivity contribution < 1.29 is 14.3 Å². The molecule has 0 unspecified atom stereocenters. The van der Waals surface area contributed by atoms with Gasteiger partial charge in [-0.2, -0.15) is 0 Å². The van der Waals surface area contributed by atoms with E-state index in [1.807, 2.05) is 45.0 Å². The van der Waals surface area contributed by atoms with E-state index in [9.17, 15) is 9.59 Å². The normalized spacial score (nSPS) is 15.1. The first-order chi connectivity index (χ1) is 18.0. The maximum Gasteiger partial charge on any atom is 0.408 e. The fraction of sp³-hybridized carbons (Fsp3) is 0.571. The van der Waals surface area contributed by atoms with Gasteiger partial charge >= 0.3 is 6.09 Å². The summed E-state index contributed by atoms with van der Waals surface area (Å²) >= 11 is 4.95. The van der Waals surface area contributed by atoms with Crippen molar-refractivity contribution in [2.24, 2.45) is 0 Å². The van der Waals surface area contributed by atoms with E-state index in [0.717, 1.165) is 78.4 Å². The van der Waals surface area contributed by atoms with Crippen LogP contribution in [0.5, 0.6) is 0 Å². The van der Waals surface area contributed by atoms with E-state index in [-0.39, 0.29) is 17.5 Å². The lowest BCUT2D eigenvalue weighted by molar-refractivity contribution is -0.116. The fourth-order valence-electron chi connectivity index (χ4n) is 4.14. The number of carbonyl (C=O) groups is 2. The minimum absolute atomic E-state index is 0.0501. The van der Waals surface area contributed by atoms with Crippen LogP contribution in [0.3, 0.4) is 0 Å². The van der Waals surface area contributed by atoms with Gasteiger partial charge in [0.15, 0.2) is 0 Å². The average Bonchev–Trinajstić information content (AvgIpc) is 2.84. The third kappa shape index (κ3) is 10.4. The summed E-state index contributed by atoms with van der Waals surface area (Å²) in [6.45, 7) is 9.19. The summed E-state index contributed by atoms with van der Waals surface area (Å²) in [7, 11) is 0. The Morgan fingerprint density at radius 2 is 1.84 bits per heavy atom. The van der Waals surface area contributed by atoms with Gasteiger partial charge in [0.2, 0.25) is 5.91 Å². The Morgan fingerprint density at radius 3 is 2.50 bits per heavy atom. The molecule has 0 saturated carbocycles. The van der Waals surface area contributed by atoms with Crippen molar-refractivity contribution in [3.63, 3.8) is 0 Å². The van der Waals surface area contributed by atoms with Crippen LogP contribution in [0, 0.1) is 0 Å². The second-order valence-corrected chi connectivity index (χ2v) is 12.8. The number of unbranched alkanes of at least 4 members (excludes halogenated alkanes) is 3. The molecule has 1 aromatic carbocycles. The van der Waals surface area contributed by atoms with Crippen molar-refractivity contribution in [1.29, 1.82) is 0 Å². The van der Waals surface area contributed by atoms with Gasteiger partial charge in [-0.05, 0) is 71.6 Å². The molecule has 8 nitrogen and oxygen atoms in total. The Kier molecular flexibility index (Phi) is 11.3. The number of alkyl halides is 1. The molecule has 3 rings (SSSR count). The first kappa shape index (κ1) is 30.2. The van der Waals surface area contributed by atoms with Crippen molar-refractivity contribution in [2.75, 3.05) is 28.6 Å². The number of carbonyl (C=O) groups excluding carboxylic acids is 2. The number of alkyl carbamates (subject to hydrolysis) is 1. The average molecular weight is 607 g/mol. The van der Waals surface area contributed by atoms with Crippen LogP contribution in [0.25, 0.3) is 0 Å². The number of hydrogen-bond acceptors (Lipinski definition) is 7. The first-order valence-corrected chi connectivity index (χ1v) is 15.2. The van der Waals surface area contributed by atoms with Crippen LogP contribution in [0.4, 0.5) is 16.3 Å². The number of piperidine rings is 1. The van der Waals surface area contributed by atoms with Crippen molar-refractivity contribution >= 4 is 51.2 Å². The summed E-state index contributed by atoms with van der Waals surface area (Å²) < 4.78 is 5.42. The SMILES string of the molecule is CC1(NC(=O)OC(C)(C)C)CCN(c2cnc(Sc3cccc(NC(=O)CCCCCCBr)c3)cn2)CC1. The number of benzene rings is 1. The highest BCUT2D eigenvalue weighted by atomic mass is 79.9. The molecular weight excluding hydrogens is 566 g/mol. The van der Waals surface area contributed by atoms with Gasteiger partial charge in [-0.3, -0.25) is 4.79 Å². The summed E-state index contributed by atoms with van der Waals surface area (Å²) in [5.74, 6) is 0.875. The monoisotopic (exact) mass is 605 g/mol. The van der Waals surface area contributed by atoms with Crippen LogP contribution in [-0.2, 0) is 9.53 Å². The summed E-state index contributed by atoms with van der Waals surface area (Å²) in [6.07, 6.45) is 9.61. The van der Waals surface area contributed by atoms with Gasteiger partial charge in [0.05, 0.1) is 12.4 Å². The van der Waals surface area contributed by atoms with Crippen molar-refractivity contribution in [3.05, 3.63) is 36.7 Å². The smallest absolute Gasteiger partial charge is 0.408 e. The summed E-state index contributed by atoms with van der Waals surface area (Å²) in [4.78, 5) is 36.9. The quantitative estimate of drug-likeness (QED) is 0.215. The molecule has 1 fully saturated rings. The largest absolute Gasteiger partial charge is 0.444 e. The van der Waals surface area contributed by atoms with E-state index in [4.69, 9.17) is 4.74 Å². The number of anilines is 2. The molecule has 38 heavy (non-hydrogen) atoms. The summed E-state index contributed by atoms with van der Waals surface area (Å²) in [5.41, 5.74) is -0.0325. The van der Waals surface area contributed by atoms with Crippen molar-refractivity contribution in [2.45, 2.75) is 93.7 Å². The van der Waals surface area contributed by atoms with Crippen LogP contribution >= 0.6 is 27.7 Å². The van der Waals surface area contributed by atoms with E-state index < -0.39 is 5.60 Å². The molecule has 1 saturated heterocycles. The Hall–Kier alpha value is -2.33. The molecule has 0 spiro atoms. The van der Waals surface area contributed by atoms with E-state index >= 15 is 0 Å². The van der Waals surface area contributed by atoms with Gasteiger partial charge in [-0.15, -0.1) is 0 Å². The number of rotatable bonds is 11. The van der Waals surface area contributed by atoms with Gasteiger partial charge in [-0.25, -0.2) is 14.8 Å². The van der Waals surface area contributed by atoms with E-state index in [2.05, 4.69) is 48.4 Å². The zero-order valence-electron chi connectivity index (χ0n) is 22.9. The lowest BCUT2D eigenvalue weighted by Gasteiger charge is -2.40. The fourth-order valence-corrected chi connectivity index (χ4v) is 5.33. The standard InChI is InChI=1S/C28H40BrN5O3S/c1-27(2,3)37-26(36)33-28(4)13-16-34(17-14-28)23-19-31-25(20-30-23)38-22-11-9-10-21(18-22)32-24(35)12-7-5-6-8-15-29/h9-11,18-20H,5-8,12-17H2,1-4H3,(H,32,35)(H,33,36). The molecule has 2 heterocycles. The first-order valence-electron chi connectivity index (χ1n) is 13.3. The van der Waals surface area contributed by atoms with E-state index in [0.29, 0.717) is 6.42 Å². The summed E-state index contributed by atoms with van der Waals surface area (Å²) in [6, 6.07) is 7.81. The highest BCUT2D eigenvalue weighted by Gasteiger charge is 2.33. The summed E-state index contributed by atoms with van der Waals surface area (Å²) in [5, 5.41) is 7.85. The molecule has 0 atom stereocenters. The number of aromatic nitrogens is 2. The maximum absolute atomic E-state index is 12.3. The van der Waals surface area contributed by atoms with E-state index in [1.54, 1.807) is 12.4 Å². The molecule has 2 N–H and O–H groups in total. The molecule has 1 aliphatic rings. The molecule has 208 valence electrons. The van der Waals surface area contributed by atoms with Gasteiger partial charge in [-0.1, -0.05) is 46.6 Å². The zero-order valence-corrected chi connectivity index (χ0v) is 25.3. The number of hydrogen-bond donors (Lipinski definition) is 2. The molecule has 0 bridgehead atoms. The predicted molar refractivity (Wildman–Crippen MR) is 157 cm³/mol. The zero-order chi connectivity index (χ0) is 27.6. The maximum atomic E-state index is 12.3. The number of nitrogens with one attached hydrogen (secondary N) is 2. The molecule has 0 aliphatic carbocycles. The highest BCUT2D eigenvalue weighted by molar-refractivity contribution is 9.09. The van der Waals surface area contributed by atoms with Crippen molar-refractivity contribution in [3.8, 4) is 0 Å². The topological polar surface area (TPSA) is 96.5 Å². The van der Waals surface area contributed by atoms with Gasteiger partial charge in [0, 0.05) is 41.0 Å². The molecule has 1 aliphatic heterocycles. The third-order valence-corrected chi connectivity index (χ3v) is 7.71. The lowest BCUT2D eigenvalue weighted by atomic mass is 9.90. The molecule has 2 aromatic rings. The minimum Gasteiger partial charge on any atom is -0.444 e. The number of halogens is 1. The predicted octanol–water partition coefficient (Wildman–Crippen LogP) is 6.80. The molecular formula is C28H40BrN5O3S. The van der Waals surface area contributed by atoms with Gasteiger partial charge in [0.25, 0.3) is 0 Å². The molecule has 2 amide bonds. The minimum atomic E-state index is -0.516. The van der Waals surface area contributed by atoms with Crippen LogP contribution in [-0.4, -0.2) is 51.5 Å². The highest BCUT2D eigenvalue weighted by Crippen LogP contribution is 2.30. The van der Waals surface area contributed by atoms with Crippen LogP contribution < -0.4 is 15.5 Å². The Labute approximate surface area is 239 Å². The number of amides is 2. The van der Waals surface area contributed by atoms with E-state index in [1.165, 1.54) is 11.8 Å². The van der Waals surface area contributed by atoms with Gasteiger partial charge in [0.1, 0.15) is 16.4 Å². The molecule has 0 radical (unpaired) electrons. The second-order valence-electron chi connectivity index (χ2n) is 10.9. The van der Waals surface area contributed by atoms with Crippen molar-refractivity contribution in [1.82, 2.24) is 15.3 Å². The molecule has 10 heteroatoms. The van der Waals surface area contributed by atoms with Crippen LogP contribution in [0.2, 0.25) is 0 Å². The third-order valence-electron chi connectivity index (χ3n) is 6.24. The lowest BCUT2D eigenvalue weighted by Crippen LogP contribution is -2.54. The van der Waals surface area contributed by atoms with Crippen LogP contribution in [0.1, 0.15) is 72.6 Å². The second kappa shape index (κ2) is 14.2. The Bertz CT molecular complexity index is 1050. The van der Waals surface area contributed by atoms with Gasteiger partial charge < -0.3 is 20.3 Å². The molecule has 1 aromatic heterocycles. The van der Waals surface area contributed by atoms with Crippen LogP contribution in [0.15, 0.2) is 46.6 Å². The Morgan fingerprint density at radius 1 is 1.11 bits per heavy atom.